The van der Waals surface area contributed by atoms with Crippen LogP contribution in [0.15, 0.2) is 36.9 Å². The van der Waals surface area contributed by atoms with Crippen LogP contribution in [-0.4, -0.2) is 19.7 Å². The number of rotatable bonds is 10. The van der Waals surface area contributed by atoms with E-state index in [1.165, 1.54) is 18.4 Å². The molecule has 1 rings (SSSR count). The molecule has 106 valence electrons. The molecule has 0 amide bonds. The monoisotopic (exact) mass is 261 g/mol. The minimum Gasteiger partial charge on any atom is -0.492 e. The first-order chi connectivity index (χ1) is 9.24. The van der Waals surface area contributed by atoms with Crippen molar-refractivity contribution in [2.45, 2.75) is 33.1 Å². The van der Waals surface area contributed by atoms with Crippen LogP contribution in [0.4, 0.5) is 0 Å². The summed E-state index contributed by atoms with van der Waals surface area (Å²) in [4.78, 5) is 0. The lowest BCUT2D eigenvalue weighted by atomic mass is 10.1. The Kier molecular flexibility index (Phi) is 7.99. The Hall–Kier alpha value is -1.28. The van der Waals surface area contributed by atoms with Gasteiger partial charge in [-0.05, 0) is 43.4 Å². The summed E-state index contributed by atoms with van der Waals surface area (Å²) in [5, 5.41) is 3.42. The van der Waals surface area contributed by atoms with E-state index in [1.54, 1.807) is 0 Å². The third kappa shape index (κ3) is 7.02. The highest BCUT2D eigenvalue weighted by Gasteiger charge is 2.00. The van der Waals surface area contributed by atoms with Gasteiger partial charge < -0.3 is 10.1 Å². The fraction of sp³-hybridized carbons (Fsp3) is 0.529. The van der Waals surface area contributed by atoms with E-state index in [2.05, 4.69) is 31.8 Å². The second-order valence-corrected chi connectivity index (χ2v) is 5.24. The fourth-order valence-corrected chi connectivity index (χ4v) is 1.96. The van der Waals surface area contributed by atoms with Crippen LogP contribution < -0.4 is 10.1 Å². The highest BCUT2D eigenvalue weighted by molar-refractivity contribution is 5.34. The topological polar surface area (TPSA) is 21.3 Å². The van der Waals surface area contributed by atoms with E-state index in [1.807, 2.05) is 24.3 Å². The summed E-state index contributed by atoms with van der Waals surface area (Å²) >= 11 is 0. The van der Waals surface area contributed by atoms with Gasteiger partial charge in [0.15, 0.2) is 0 Å². The Morgan fingerprint density at radius 2 is 2.05 bits per heavy atom. The van der Waals surface area contributed by atoms with Crippen LogP contribution in [0.3, 0.4) is 0 Å². The zero-order valence-corrected chi connectivity index (χ0v) is 12.3. The lowest BCUT2D eigenvalue weighted by Crippen LogP contribution is -2.22. The first-order valence-electron chi connectivity index (χ1n) is 7.26. The van der Waals surface area contributed by atoms with Crippen LogP contribution in [0.25, 0.3) is 0 Å². The summed E-state index contributed by atoms with van der Waals surface area (Å²) in [6.45, 7) is 11.0. The molecule has 0 unspecified atom stereocenters. The number of hydrogen-bond acceptors (Lipinski definition) is 2. The van der Waals surface area contributed by atoms with Gasteiger partial charge in [-0.2, -0.15) is 0 Å². The summed E-state index contributed by atoms with van der Waals surface area (Å²) in [5.74, 6) is 1.77. The summed E-state index contributed by atoms with van der Waals surface area (Å²) < 4.78 is 5.81. The number of nitrogens with one attached hydrogen (secondary N) is 1. The standard InChI is InChI=1S/C17H27NO/c1-4-8-16-10-5-6-11-17(16)19-14-13-18-12-7-9-15(2)3/h4-6,10-11,15,18H,1,7-9,12-14H2,2-3H3. The molecule has 19 heavy (non-hydrogen) atoms. The summed E-state index contributed by atoms with van der Waals surface area (Å²) in [6.07, 6.45) is 5.30. The van der Waals surface area contributed by atoms with Gasteiger partial charge in [0.25, 0.3) is 0 Å². The van der Waals surface area contributed by atoms with Crippen molar-refractivity contribution >= 4 is 0 Å². The van der Waals surface area contributed by atoms with Crippen LogP contribution in [0.1, 0.15) is 32.3 Å². The fourth-order valence-electron chi connectivity index (χ4n) is 1.96. The van der Waals surface area contributed by atoms with Gasteiger partial charge in [0.05, 0.1) is 0 Å². The highest BCUT2D eigenvalue weighted by atomic mass is 16.5. The lowest BCUT2D eigenvalue weighted by molar-refractivity contribution is 0.310. The van der Waals surface area contributed by atoms with Gasteiger partial charge >= 0.3 is 0 Å². The van der Waals surface area contributed by atoms with E-state index >= 15 is 0 Å². The minimum atomic E-state index is 0.718. The average molecular weight is 261 g/mol. The van der Waals surface area contributed by atoms with Crippen molar-refractivity contribution in [2.24, 2.45) is 5.92 Å². The molecule has 0 atom stereocenters. The predicted octanol–water partition coefficient (Wildman–Crippen LogP) is 3.82. The smallest absolute Gasteiger partial charge is 0.122 e. The maximum atomic E-state index is 5.81. The molecule has 0 radical (unpaired) electrons. The Morgan fingerprint density at radius 3 is 2.79 bits per heavy atom. The molecule has 1 aromatic rings. The molecule has 0 spiro atoms. The van der Waals surface area contributed by atoms with Gasteiger partial charge in [0, 0.05) is 6.54 Å². The Balaban J connectivity index is 2.17. The number of para-hydroxylation sites is 1. The molecular formula is C17H27NO. The molecule has 2 nitrogen and oxygen atoms in total. The molecule has 0 saturated carbocycles. The van der Waals surface area contributed by atoms with Gasteiger partial charge in [0.2, 0.25) is 0 Å². The van der Waals surface area contributed by atoms with Gasteiger partial charge in [-0.1, -0.05) is 38.1 Å². The lowest BCUT2D eigenvalue weighted by Gasteiger charge is -2.11. The zero-order valence-electron chi connectivity index (χ0n) is 12.3. The van der Waals surface area contributed by atoms with E-state index in [0.29, 0.717) is 0 Å². The van der Waals surface area contributed by atoms with Crippen LogP contribution in [0.2, 0.25) is 0 Å². The third-order valence-electron chi connectivity index (χ3n) is 3.01. The number of ether oxygens (including phenoxy) is 1. The molecule has 0 aliphatic carbocycles. The summed E-state index contributed by atoms with van der Waals surface area (Å²) in [6, 6.07) is 8.17. The third-order valence-corrected chi connectivity index (χ3v) is 3.01. The van der Waals surface area contributed by atoms with Crippen molar-refractivity contribution < 1.29 is 4.74 Å². The van der Waals surface area contributed by atoms with Gasteiger partial charge in [0.1, 0.15) is 12.4 Å². The quantitative estimate of drug-likeness (QED) is 0.510. The first-order valence-corrected chi connectivity index (χ1v) is 7.26. The second kappa shape index (κ2) is 9.62. The van der Waals surface area contributed by atoms with Crippen LogP contribution in [0.5, 0.6) is 5.75 Å². The maximum absolute atomic E-state index is 5.81. The van der Waals surface area contributed by atoms with Gasteiger partial charge in [-0.3, -0.25) is 0 Å². The van der Waals surface area contributed by atoms with E-state index in [-0.39, 0.29) is 0 Å². The largest absolute Gasteiger partial charge is 0.492 e. The molecule has 0 bridgehead atoms. The predicted molar refractivity (Wildman–Crippen MR) is 82.8 cm³/mol. The molecule has 0 aromatic heterocycles. The molecule has 0 aliphatic rings. The Labute approximate surface area is 117 Å². The zero-order chi connectivity index (χ0) is 13.9. The molecule has 0 saturated heterocycles. The first kappa shape index (κ1) is 15.8. The normalized spacial score (nSPS) is 10.7. The van der Waals surface area contributed by atoms with E-state index in [0.717, 1.165) is 37.8 Å². The molecule has 0 heterocycles. The summed E-state index contributed by atoms with van der Waals surface area (Å²) in [7, 11) is 0. The number of hydrogen-bond donors (Lipinski definition) is 1. The van der Waals surface area contributed by atoms with Gasteiger partial charge in [-0.15, -0.1) is 6.58 Å². The highest BCUT2D eigenvalue weighted by Crippen LogP contribution is 2.18. The van der Waals surface area contributed by atoms with Crippen molar-refractivity contribution in [3.63, 3.8) is 0 Å². The molecule has 1 aromatic carbocycles. The van der Waals surface area contributed by atoms with Crippen LogP contribution in [0, 0.1) is 5.92 Å². The van der Waals surface area contributed by atoms with Crippen molar-refractivity contribution in [3.05, 3.63) is 42.5 Å². The van der Waals surface area contributed by atoms with Crippen molar-refractivity contribution in [2.75, 3.05) is 19.7 Å². The maximum Gasteiger partial charge on any atom is 0.122 e. The SMILES string of the molecule is C=CCc1ccccc1OCCNCCCC(C)C. The van der Waals surface area contributed by atoms with Crippen LogP contribution >= 0.6 is 0 Å². The Bertz CT molecular complexity index is 360. The van der Waals surface area contributed by atoms with Crippen molar-refractivity contribution in [1.29, 1.82) is 0 Å². The number of allylic oxidation sites excluding steroid dienone is 1. The summed E-state index contributed by atoms with van der Waals surface area (Å²) in [5.41, 5.74) is 1.21. The minimum absolute atomic E-state index is 0.718. The molecule has 0 aliphatic heterocycles. The average Bonchev–Trinajstić information content (AvgIpc) is 2.39. The number of benzene rings is 1. The molecular weight excluding hydrogens is 234 g/mol. The second-order valence-electron chi connectivity index (χ2n) is 5.24. The Morgan fingerprint density at radius 1 is 1.26 bits per heavy atom. The van der Waals surface area contributed by atoms with Crippen molar-refractivity contribution in [1.82, 2.24) is 5.32 Å². The van der Waals surface area contributed by atoms with Crippen LogP contribution in [-0.2, 0) is 6.42 Å². The van der Waals surface area contributed by atoms with Crippen molar-refractivity contribution in [3.8, 4) is 5.75 Å². The van der Waals surface area contributed by atoms with E-state index in [4.69, 9.17) is 4.74 Å². The van der Waals surface area contributed by atoms with E-state index < -0.39 is 0 Å². The van der Waals surface area contributed by atoms with E-state index in [9.17, 15) is 0 Å². The molecule has 0 fully saturated rings. The molecule has 2 heteroatoms. The molecule has 1 N–H and O–H groups in total. The van der Waals surface area contributed by atoms with Gasteiger partial charge in [-0.25, -0.2) is 0 Å².